The Morgan fingerprint density at radius 3 is 2.95 bits per heavy atom. The summed E-state index contributed by atoms with van der Waals surface area (Å²) in [6, 6.07) is 5.25. The van der Waals surface area contributed by atoms with Gasteiger partial charge in [0.15, 0.2) is 10.8 Å². The Labute approximate surface area is 117 Å². The van der Waals surface area contributed by atoms with Gasteiger partial charge >= 0.3 is 0 Å². The van der Waals surface area contributed by atoms with Crippen molar-refractivity contribution in [1.29, 1.82) is 0 Å². The number of imidazole rings is 1. The van der Waals surface area contributed by atoms with Crippen molar-refractivity contribution in [3.05, 3.63) is 24.4 Å². The van der Waals surface area contributed by atoms with Crippen LogP contribution in [0.4, 0.5) is 5.82 Å². The highest BCUT2D eigenvalue weighted by Gasteiger charge is 2.36. The van der Waals surface area contributed by atoms with Gasteiger partial charge in [-0.05, 0) is 18.6 Å². The molecule has 2 N–H and O–H groups in total. The average molecular weight is 296 g/mol. The first-order valence-electron chi connectivity index (χ1n) is 6.29. The Bertz CT molecular complexity index is 740. The van der Waals surface area contributed by atoms with Crippen LogP contribution in [-0.2, 0) is 14.8 Å². The predicted octanol–water partition coefficient (Wildman–Crippen LogP) is 0.326. The van der Waals surface area contributed by atoms with E-state index in [1.165, 1.54) is 8.71 Å². The van der Waals surface area contributed by atoms with Gasteiger partial charge < -0.3 is 10.5 Å². The second-order valence-corrected chi connectivity index (χ2v) is 6.59. The number of anilines is 1. The van der Waals surface area contributed by atoms with Crippen molar-refractivity contribution in [3.63, 3.8) is 0 Å². The molecule has 1 saturated heterocycles. The number of ether oxygens (including phenoxy) is 1. The topological polar surface area (TPSA) is 89.9 Å². The van der Waals surface area contributed by atoms with Crippen molar-refractivity contribution in [3.8, 4) is 0 Å². The van der Waals surface area contributed by atoms with Gasteiger partial charge in [-0.2, -0.15) is 4.31 Å². The molecule has 1 unspecified atom stereocenters. The first kappa shape index (κ1) is 13.3. The van der Waals surface area contributed by atoms with Crippen molar-refractivity contribution in [2.75, 3.05) is 25.9 Å². The maximum atomic E-state index is 12.7. The molecule has 0 spiro atoms. The van der Waals surface area contributed by atoms with Crippen LogP contribution in [0.5, 0.6) is 0 Å². The third-order valence-electron chi connectivity index (χ3n) is 3.54. The highest BCUT2D eigenvalue weighted by Crippen LogP contribution is 2.26. The number of fused-ring (bicyclic) bond motifs is 1. The van der Waals surface area contributed by atoms with E-state index in [-0.39, 0.29) is 16.9 Å². The van der Waals surface area contributed by atoms with Gasteiger partial charge in [0.1, 0.15) is 5.65 Å². The molecule has 1 atom stereocenters. The van der Waals surface area contributed by atoms with Crippen molar-refractivity contribution >= 4 is 21.5 Å². The molecule has 20 heavy (non-hydrogen) atoms. The Morgan fingerprint density at radius 1 is 1.45 bits per heavy atom. The number of nitrogens with two attached hydrogens (primary N) is 1. The standard InChI is InChI=1S/C12H16N4O3S/c1-19-9-5-7-15(8-9)20(17,18)12-11(13)14-10-4-2-3-6-16(10)12/h2-4,6,9H,5,7-8,13H2,1H3. The molecule has 2 aromatic rings. The molecule has 8 heteroatoms. The van der Waals surface area contributed by atoms with Crippen LogP contribution in [0.15, 0.2) is 29.4 Å². The maximum Gasteiger partial charge on any atom is 0.262 e. The fraction of sp³-hybridized carbons (Fsp3) is 0.417. The zero-order valence-corrected chi connectivity index (χ0v) is 11.9. The van der Waals surface area contributed by atoms with E-state index in [2.05, 4.69) is 4.98 Å². The van der Waals surface area contributed by atoms with E-state index in [9.17, 15) is 8.42 Å². The molecule has 0 radical (unpaired) electrons. The monoisotopic (exact) mass is 296 g/mol. The number of aromatic nitrogens is 2. The second-order valence-electron chi connectivity index (χ2n) is 4.74. The minimum atomic E-state index is -3.67. The van der Waals surface area contributed by atoms with Gasteiger partial charge in [-0.1, -0.05) is 6.07 Å². The van der Waals surface area contributed by atoms with Gasteiger partial charge in [0, 0.05) is 26.4 Å². The van der Waals surface area contributed by atoms with Gasteiger partial charge in [-0.3, -0.25) is 4.40 Å². The van der Waals surface area contributed by atoms with Crippen molar-refractivity contribution in [1.82, 2.24) is 13.7 Å². The van der Waals surface area contributed by atoms with E-state index >= 15 is 0 Å². The molecule has 1 fully saturated rings. The summed E-state index contributed by atoms with van der Waals surface area (Å²) in [5, 5.41) is 0.0323. The molecule has 108 valence electrons. The predicted molar refractivity (Wildman–Crippen MR) is 73.8 cm³/mol. The first-order valence-corrected chi connectivity index (χ1v) is 7.73. The van der Waals surface area contributed by atoms with Crippen LogP contribution in [-0.4, -0.2) is 48.4 Å². The van der Waals surface area contributed by atoms with Gasteiger partial charge in [0.05, 0.1) is 6.10 Å². The molecule has 3 rings (SSSR count). The lowest BCUT2D eigenvalue weighted by molar-refractivity contribution is 0.115. The van der Waals surface area contributed by atoms with Crippen LogP contribution in [0.2, 0.25) is 0 Å². The van der Waals surface area contributed by atoms with Crippen LogP contribution in [0.25, 0.3) is 5.65 Å². The van der Waals surface area contributed by atoms with Crippen LogP contribution in [0.3, 0.4) is 0 Å². The zero-order valence-electron chi connectivity index (χ0n) is 11.1. The highest BCUT2D eigenvalue weighted by molar-refractivity contribution is 7.89. The SMILES string of the molecule is COC1CCN(S(=O)(=O)c2c(N)nc3ccccn23)C1. The van der Waals surface area contributed by atoms with E-state index in [1.54, 1.807) is 31.5 Å². The Morgan fingerprint density at radius 2 is 2.25 bits per heavy atom. The fourth-order valence-corrected chi connectivity index (χ4v) is 4.14. The summed E-state index contributed by atoms with van der Waals surface area (Å²) in [6.45, 7) is 0.776. The van der Waals surface area contributed by atoms with Crippen LogP contribution >= 0.6 is 0 Å². The number of hydrogen-bond donors (Lipinski definition) is 1. The summed E-state index contributed by atoms with van der Waals surface area (Å²) in [5.41, 5.74) is 6.32. The van der Waals surface area contributed by atoms with Crippen LogP contribution in [0, 0.1) is 0 Å². The number of hydrogen-bond acceptors (Lipinski definition) is 5. The summed E-state index contributed by atoms with van der Waals surface area (Å²) in [5.74, 6) is 0.0251. The minimum Gasteiger partial charge on any atom is -0.381 e. The average Bonchev–Trinajstić information content (AvgIpc) is 3.01. The molecule has 1 aliphatic rings. The molecule has 0 bridgehead atoms. The zero-order chi connectivity index (χ0) is 14.3. The number of sulfonamides is 1. The first-order chi connectivity index (χ1) is 9.54. The van der Waals surface area contributed by atoms with Crippen molar-refractivity contribution in [2.45, 2.75) is 17.6 Å². The van der Waals surface area contributed by atoms with E-state index in [0.29, 0.717) is 25.2 Å². The van der Waals surface area contributed by atoms with Crippen LogP contribution < -0.4 is 5.73 Å². The van der Waals surface area contributed by atoms with Crippen LogP contribution in [0.1, 0.15) is 6.42 Å². The number of pyridine rings is 1. The highest BCUT2D eigenvalue weighted by atomic mass is 32.2. The lowest BCUT2D eigenvalue weighted by Crippen LogP contribution is -2.31. The number of nitrogens with zero attached hydrogens (tertiary/aromatic N) is 3. The molecule has 0 saturated carbocycles. The summed E-state index contributed by atoms with van der Waals surface area (Å²) >= 11 is 0. The van der Waals surface area contributed by atoms with Crippen molar-refractivity contribution in [2.24, 2.45) is 0 Å². The fourth-order valence-electron chi connectivity index (χ4n) is 2.48. The smallest absolute Gasteiger partial charge is 0.262 e. The third kappa shape index (κ3) is 1.96. The number of rotatable bonds is 3. The second kappa shape index (κ2) is 4.72. The van der Waals surface area contributed by atoms with E-state index in [1.807, 2.05) is 0 Å². The summed E-state index contributed by atoms with van der Waals surface area (Å²) in [6.07, 6.45) is 2.27. The molecular formula is C12H16N4O3S. The Hall–Kier alpha value is -1.64. The lowest BCUT2D eigenvalue weighted by Gasteiger charge is -2.16. The summed E-state index contributed by atoms with van der Waals surface area (Å²) in [4.78, 5) is 4.09. The van der Waals surface area contributed by atoms with Gasteiger partial charge in [-0.25, -0.2) is 13.4 Å². The van der Waals surface area contributed by atoms with Crippen molar-refractivity contribution < 1.29 is 13.2 Å². The number of methoxy groups -OCH3 is 1. The number of nitrogen functional groups attached to an aromatic ring is 1. The van der Waals surface area contributed by atoms with E-state index < -0.39 is 10.0 Å². The lowest BCUT2D eigenvalue weighted by atomic mass is 10.3. The van der Waals surface area contributed by atoms with Gasteiger partial charge in [0.25, 0.3) is 10.0 Å². The molecule has 2 aromatic heterocycles. The quantitative estimate of drug-likeness (QED) is 0.881. The van der Waals surface area contributed by atoms with E-state index in [4.69, 9.17) is 10.5 Å². The maximum absolute atomic E-state index is 12.7. The largest absolute Gasteiger partial charge is 0.381 e. The Balaban J connectivity index is 2.08. The molecule has 1 aliphatic heterocycles. The summed E-state index contributed by atoms with van der Waals surface area (Å²) in [7, 11) is -2.08. The third-order valence-corrected chi connectivity index (χ3v) is 5.44. The van der Waals surface area contributed by atoms with Gasteiger partial charge in [0.2, 0.25) is 0 Å². The Kier molecular flexibility index (Phi) is 3.15. The molecule has 7 nitrogen and oxygen atoms in total. The van der Waals surface area contributed by atoms with E-state index in [0.717, 1.165) is 0 Å². The molecule has 0 aliphatic carbocycles. The molecular weight excluding hydrogens is 280 g/mol. The molecule has 0 amide bonds. The minimum absolute atomic E-state index is 0.0251. The normalized spacial score (nSPS) is 20.8. The molecule has 0 aromatic carbocycles. The van der Waals surface area contributed by atoms with Gasteiger partial charge in [-0.15, -0.1) is 0 Å². The molecule has 3 heterocycles. The summed E-state index contributed by atoms with van der Waals surface area (Å²) < 4.78 is 33.6.